The Balaban J connectivity index is 2.07. The van der Waals surface area contributed by atoms with E-state index in [1.165, 1.54) is 0 Å². The standard InChI is InChI=1S/C29H18F9NO6/c30-27(31,32)19-11-18(12-20(13-19)28(33,34)35)23(40)14-22(15-5-7-21(8-6-15)45-29(36,37)38)25(43)16-1-3-17(4-2-16)26(44)39-10-9-24(41)42/h1-8,11-14H,9-10H2,(H,39,44)(H,41,42)/b22-14+. The van der Waals surface area contributed by atoms with Gasteiger partial charge in [-0.05, 0) is 54.1 Å². The van der Waals surface area contributed by atoms with E-state index in [0.29, 0.717) is 6.08 Å². The number of ether oxygens (including phenoxy) is 1. The third-order valence-electron chi connectivity index (χ3n) is 5.82. The summed E-state index contributed by atoms with van der Waals surface area (Å²) >= 11 is 0. The molecule has 0 atom stereocenters. The van der Waals surface area contributed by atoms with Crippen LogP contribution in [-0.2, 0) is 17.1 Å². The van der Waals surface area contributed by atoms with Crippen molar-refractivity contribution in [2.45, 2.75) is 25.1 Å². The highest BCUT2D eigenvalue weighted by Gasteiger charge is 2.37. The van der Waals surface area contributed by atoms with Gasteiger partial charge in [0.05, 0.1) is 17.5 Å². The monoisotopic (exact) mass is 647 g/mol. The molecule has 0 aromatic heterocycles. The number of carbonyl (C=O) groups excluding carboxylic acids is 3. The fourth-order valence-electron chi connectivity index (χ4n) is 3.74. The molecule has 3 aromatic rings. The Morgan fingerprint density at radius 3 is 1.64 bits per heavy atom. The van der Waals surface area contributed by atoms with Crippen LogP contribution in [0.2, 0.25) is 0 Å². The van der Waals surface area contributed by atoms with Crippen LogP contribution in [0.4, 0.5) is 39.5 Å². The maximum Gasteiger partial charge on any atom is 0.573 e. The predicted octanol–water partition coefficient (Wildman–Crippen LogP) is 6.98. The van der Waals surface area contributed by atoms with Gasteiger partial charge in [-0.2, -0.15) is 26.3 Å². The molecule has 238 valence electrons. The molecule has 0 heterocycles. The number of carbonyl (C=O) groups is 4. The number of ketones is 2. The molecule has 3 aromatic carbocycles. The number of hydrogen-bond donors (Lipinski definition) is 2. The van der Waals surface area contributed by atoms with Gasteiger partial charge in [-0.15, -0.1) is 13.2 Å². The molecule has 0 radical (unpaired) electrons. The number of carboxylic acids is 1. The molecule has 0 aliphatic carbocycles. The molecule has 0 fully saturated rings. The lowest BCUT2D eigenvalue weighted by molar-refractivity contribution is -0.274. The van der Waals surface area contributed by atoms with Gasteiger partial charge >= 0.3 is 24.7 Å². The molecule has 0 aliphatic rings. The van der Waals surface area contributed by atoms with Crippen LogP contribution in [0, 0.1) is 0 Å². The highest BCUT2D eigenvalue weighted by Crippen LogP contribution is 2.37. The van der Waals surface area contributed by atoms with E-state index in [4.69, 9.17) is 5.11 Å². The highest BCUT2D eigenvalue weighted by atomic mass is 19.4. The summed E-state index contributed by atoms with van der Waals surface area (Å²) < 4.78 is 121. The van der Waals surface area contributed by atoms with Crippen molar-refractivity contribution < 1.29 is 68.5 Å². The molecule has 16 heteroatoms. The van der Waals surface area contributed by atoms with Gasteiger partial charge in [-0.25, -0.2) is 0 Å². The first-order chi connectivity index (χ1) is 20.7. The quantitative estimate of drug-likeness (QED) is 0.140. The second-order valence-corrected chi connectivity index (χ2v) is 9.10. The number of halogens is 9. The Labute approximate surface area is 246 Å². The van der Waals surface area contributed by atoms with Gasteiger partial charge in [0, 0.05) is 28.8 Å². The maximum absolute atomic E-state index is 13.4. The van der Waals surface area contributed by atoms with Crippen molar-refractivity contribution in [2.24, 2.45) is 0 Å². The number of benzene rings is 3. The van der Waals surface area contributed by atoms with E-state index in [2.05, 4.69) is 10.1 Å². The van der Waals surface area contributed by atoms with E-state index in [9.17, 15) is 58.7 Å². The zero-order valence-corrected chi connectivity index (χ0v) is 22.2. The van der Waals surface area contributed by atoms with Gasteiger partial charge in [0.1, 0.15) is 5.75 Å². The number of nitrogens with one attached hydrogen (secondary N) is 1. The minimum Gasteiger partial charge on any atom is -0.481 e. The molecule has 0 spiro atoms. The second-order valence-electron chi connectivity index (χ2n) is 9.10. The minimum atomic E-state index is -5.28. The molecule has 3 rings (SSSR count). The van der Waals surface area contributed by atoms with E-state index < -0.39 is 70.2 Å². The Bertz CT molecular complexity index is 1590. The Morgan fingerprint density at radius 2 is 1.18 bits per heavy atom. The molecule has 45 heavy (non-hydrogen) atoms. The fraction of sp³-hybridized carbons (Fsp3) is 0.172. The average molecular weight is 647 g/mol. The van der Waals surface area contributed by atoms with Gasteiger partial charge in [0.15, 0.2) is 11.6 Å². The third-order valence-corrected chi connectivity index (χ3v) is 5.82. The fourth-order valence-corrected chi connectivity index (χ4v) is 3.74. The van der Waals surface area contributed by atoms with Gasteiger partial charge < -0.3 is 15.2 Å². The van der Waals surface area contributed by atoms with Gasteiger partial charge in [0.2, 0.25) is 0 Å². The number of allylic oxidation sites excluding steroid dienone is 2. The number of Topliss-reactive ketones (excluding diaryl/α,β-unsaturated/α-hetero) is 1. The average Bonchev–Trinajstić information content (AvgIpc) is 2.94. The Hall–Kier alpha value is -5.15. The number of hydrogen-bond acceptors (Lipinski definition) is 5. The van der Waals surface area contributed by atoms with E-state index in [1.807, 2.05) is 0 Å². The van der Waals surface area contributed by atoms with Crippen LogP contribution in [-0.4, -0.2) is 41.5 Å². The molecule has 1 amide bonds. The van der Waals surface area contributed by atoms with Crippen LogP contribution in [0.3, 0.4) is 0 Å². The molecule has 0 unspecified atom stereocenters. The van der Waals surface area contributed by atoms with Crippen molar-refractivity contribution in [1.82, 2.24) is 5.32 Å². The van der Waals surface area contributed by atoms with E-state index in [-0.39, 0.29) is 47.9 Å². The van der Waals surface area contributed by atoms with E-state index >= 15 is 0 Å². The molecule has 0 saturated carbocycles. The van der Waals surface area contributed by atoms with Crippen molar-refractivity contribution >= 4 is 29.0 Å². The second kappa shape index (κ2) is 13.2. The first kappa shape index (κ1) is 34.3. The largest absolute Gasteiger partial charge is 0.573 e. The van der Waals surface area contributed by atoms with Gasteiger partial charge in [-0.3, -0.25) is 19.2 Å². The van der Waals surface area contributed by atoms with Crippen LogP contribution in [0.15, 0.2) is 72.8 Å². The molecule has 0 saturated heterocycles. The maximum atomic E-state index is 13.4. The first-order valence-corrected chi connectivity index (χ1v) is 12.3. The summed E-state index contributed by atoms with van der Waals surface area (Å²) in [5.41, 5.74) is -5.86. The topological polar surface area (TPSA) is 110 Å². The molecule has 2 N–H and O–H groups in total. The van der Waals surface area contributed by atoms with Crippen LogP contribution < -0.4 is 10.1 Å². The van der Waals surface area contributed by atoms with Crippen molar-refractivity contribution in [3.8, 4) is 5.75 Å². The SMILES string of the molecule is O=C(O)CCNC(=O)c1ccc(C(=O)/C(=C/C(=O)c2cc(C(F)(F)F)cc(C(F)(F)F)c2)c2ccc(OC(F)(F)F)cc2)cc1. The molecule has 7 nitrogen and oxygen atoms in total. The molecule has 0 bridgehead atoms. The van der Waals surface area contributed by atoms with Crippen LogP contribution in [0.1, 0.15) is 54.2 Å². The normalized spacial score (nSPS) is 12.4. The number of alkyl halides is 9. The van der Waals surface area contributed by atoms with Crippen molar-refractivity contribution in [3.05, 3.63) is 106 Å². The summed E-state index contributed by atoms with van der Waals surface area (Å²) in [6.45, 7) is -0.219. The molecular formula is C29H18F9NO6. The number of amides is 1. The summed E-state index contributed by atoms with van der Waals surface area (Å²) in [6.07, 6.45) is -15.6. The lowest BCUT2D eigenvalue weighted by atomic mass is 9.93. The summed E-state index contributed by atoms with van der Waals surface area (Å²) in [5, 5.41) is 11.0. The third kappa shape index (κ3) is 9.67. The van der Waals surface area contributed by atoms with Crippen molar-refractivity contribution in [3.63, 3.8) is 0 Å². The summed E-state index contributed by atoms with van der Waals surface area (Å²) in [4.78, 5) is 49.3. The molecule has 0 aliphatic heterocycles. The zero-order valence-electron chi connectivity index (χ0n) is 22.2. The Kier molecular flexibility index (Phi) is 10.1. The highest BCUT2D eigenvalue weighted by molar-refractivity contribution is 6.32. The lowest BCUT2D eigenvalue weighted by Gasteiger charge is -2.14. The minimum absolute atomic E-state index is 0.0316. The zero-order chi connectivity index (χ0) is 33.7. The number of rotatable bonds is 10. The number of aliphatic carboxylic acids is 1. The lowest BCUT2D eigenvalue weighted by Crippen LogP contribution is -2.26. The predicted molar refractivity (Wildman–Crippen MR) is 137 cm³/mol. The van der Waals surface area contributed by atoms with Gasteiger partial charge in [0.25, 0.3) is 5.91 Å². The first-order valence-electron chi connectivity index (χ1n) is 12.3. The Morgan fingerprint density at radius 1 is 0.689 bits per heavy atom. The number of carboxylic acid groups (broad SMARTS) is 1. The van der Waals surface area contributed by atoms with E-state index in [0.717, 1.165) is 48.5 Å². The van der Waals surface area contributed by atoms with Crippen LogP contribution in [0.5, 0.6) is 5.75 Å². The smallest absolute Gasteiger partial charge is 0.481 e. The summed E-state index contributed by atoms with van der Waals surface area (Å²) in [6, 6.07) is 7.83. The van der Waals surface area contributed by atoms with Crippen LogP contribution in [0.25, 0.3) is 5.57 Å². The van der Waals surface area contributed by atoms with Crippen LogP contribution >= 0.6 is 0 Å². The molecular weight excluding hydrogens is 629 g/mol. The summed E-state index contributed by atoms with van der Waals surface area (Å²) in [7, 11) is 0. The summed E-state index contributed by atoms with van der Waals surface area (Å²) in [5.74, 6) is -5.15. The van der Waals surface area contributed by atoms with Crippen molar-refractivity contribution in [1.29, 1.82) is 0 Å². The van der Waals surface area contributed by atoms with Gasteiger partial charge in [-0.1, -0.05) is 24.3 Å². The van der Waals surface area contributed by atoms with E-state index in [1.54, 1.807) is 0 Å². The van der Waals surface area contributed by atoms with Crippen molar-refractivity contribution in [2.75, 3.05) is 6.54 Å².